The van der Waals surface area contributed by atoms with Crippen molar-refractivity contribution >= 4 is 0 Å². The van der Waals surface area contributed by atoms with Crippen molar-refractivity contribution in [2.24, 2.45) is 0 Å². The van der Waals surface area contributed by atoms with Crippen LogP contribution in [0.4, 0.5) is 8.78 Å². The van der Waals surface area contributed by atoms with Crippen LogP contribution in [0.25, 0.3) is 11.3 Å². The summed E-state index contributed by atoms with van der Waals surface area (Å²) in [5, 5.41) is 3.33. The molecular formula is C15H19F2N3O. The highest BCUT2D eigenvalue weighted by Crippen LogP contribution is 2.23. The van der Waals surface area contributed by atoms with Gasteiger partial charge in [0.05, 0.1) is 18.4 Å². The predicted molar refractivity (Wildman–Crippen MR) is 77.2 cm³/mol. The number of nitrogens with one attached hydrogen (secondary N) is 2. The van der Waals surface area contributed by atoms with Gasteiger partial charge in [0.2, 0.25) is 0 Å². The number of alkyl halides is 2. The van der Waals surface area contributed by atoms with Gasteiger partial charge in [0.25, 0.3) is 0 Å². The topological polar surface area (TPSA) is 49.9 Å². The van der Waals surface area contributed by atoms with Crippen molar-refractivity contribution in [3.63, 3.8) is 0 Å². The minimum absolute atomic E-state index is 0.136. The maximum absolute atomic E-state index is 12.2. The van der Waals surface area contributed by atoms with Crippen molar-refractivity contribution in [2.45, 2.75) is 39.5 Å². The first-order valence-corrected chi connectivity index (χ1v) is 6.91. The molecule has 2 aromatic rings. The molecule has 0 radical (unpaired) electrons. The Morgan fingerprint density at radius 1 is 1.38 bits per heavy atom. The first kappa shape index (κ1) is 15.4. The van der Waals surface area contributed by atoms with E-state index in [1.165, 1.54) is 6.07 Å². The Hall–Kier alpha value is -1.95. The van der Waals surface area contributed by atoms with Crippen molar-refractivity contribution in [1.29, 1.82) is 0 Å². The van der Waals surface area contributed by atoms with Crippen molar-refractivity contribution < 1.29 is 13.5 Å². The van der Waals surface area contributed by atoms with Gasteiger partial charge in [-0.2, -0.15) is 8.78 Å². The highest BCUT2D eigenvalue weighted by Gasteiger charge is 2.08. The number of imidazole rings is 1. The average Bonchev–Trinajstić information content (AvgIpc) is 2.93. The average molecular weight is 295 g/mol. The third-order valence-electron chi connectivity index (χ3n) is 3.23. The third kappa shape index (κ3) is 4.53. The molecule has 6 heteroatoms. The lowest BCUT2D eigenvalue weighted by Crippen LogP contribution is -2.24. The number of hydrogen-bond acceptors (Lipinski definition) is 3. The largest absolute Gasteiger partial charge is 0.435 e. The van der Waals surface area contributed by atoms with Gasteiger partial charge in [0, 0.05) is 11.6 Å². The Morgan fingerprint density at radius 3 is 2.90 bits per heavy atom. The number of rotatable bonds is 7. The van der Waals surface area contributed by atoms with E-state index >= 15 is 0 Å². The zero-order chi connectivity index (χ0) is 15.2. The zero-order valence-electron chi connectivity index (χ0n) is 12.1. The second-order valence-electron chi connectivity index (χ2n) is 4.84. The van der Waals surface area contributed by atoms with Crippen LogP contribution in [-0.2, 0) is 6.54 Å². The van der Waals surface area contributed by atoms with E-state index in [0.29, 0.717) is 12.6 Å². The van der Waals surface area contributed by atoms with Crippen LogP contribution in [0.15, 0.2) is 30.5 Å². The number of aromatic amines is 1. The van der Waals surface area contributed by atoms with E-state index in [1.54, 1.807) is 18.3 Å². The van der Waals surface area contributed by atoms with Crippen LogP contribution in [0.3, 0.4) is 0 Å². The van der Waals surface area contributed by atoms with Gasteiger partial charge in [-0.25, -0.2) is 4.98 Å². The molecule has 2 rings (SSSR count). The summed E-state index contributed by atoms with van der Waals surface area (Å²) in [6.45, 7) is 2.04. The molecule has 0 fully saturated rings. The van der Waals surface area contributed by atoms with Crippen LogP contribution in [0.5, 0.6) is 5.75 Å². The number of hydrogen-bond donors (Lipinski definition) is 2. The number of halogens is 2. The third-order valence-corrected chi connectivity index (χ3v) is 3.23. The number of H-pyrrole nitrogens is 1. The Morgan fingerprint density at radius 2 is 2.19 bits per heavy atom. The van der Waals surface area contributed by atoms with Crippen LogP contribution in [-0.4, -0.2) is 22.6 Å². The van der Waals surface area contributed by atoms with E-state index in [0.717, 1.165) is 23.5 Å². The summed E-state index contributed by atoms with van der Waals surface area (Å²) < 4.78 is 28.8. The molecule has 0 saturated heterocycles. The van der Waals surface area contributed by atoms with Crippen LogP contribution in [0.2, 0.25) is 0 Å². The fourth-order valence-electron chi connectivity index (χ4n) is 1.85. The molecule has 1 heterocycles. The molecule has 0 bridgehead atoms. The monoisotopic (exact) mass is 295 g/mol. The first-order chi connectivity index (χ1) is 10.1. The summed E-state index contributed by atoms with van der Waals surface area (Å²) >= 11 is 0. The van der Waals surface area contributed by atoms with Crippen molar-refractivity contribution in [1.82, 2.24) is 15.3 Å². The highest BCUT2D eigenvalue weighted by atomic mass is 19.3. The van der Waals surface area contributed by atoms with E-state index in [-0.39, 0.29) is 5.75 Å². The summed E-state index contributed by atoms with van der Waals surface area (Å²) in [5.74, 6) is 0.946. The van der Waals surface area contributed by atoms with Gasteiger partial charge in [-0.15, -0.1) is 0 Å². The molecule has 0 aliphatic carbocycles. The lowest BCUT2D eigenvalue weighted by Gasteiger charge is -2.09. The second kappa shape index (κ2) is 7.17. The van der Waals surface area contributed by atoms with Crippen LogP contribution in [0, 0.1) is 0 Å². The van der Waals surface area contributed by atoms with Gasteiger partial charge >= 0.3 is 6.61 Å². The van der Waals surface area contributed by atoms with Crippen molar-refractivity contribution in [3.8, 4) is 17.0 Å². The molecule has 0 aliphatic rings. The van der Waals surface area contributed by atoms with Gasteiger partial charge in [-0.05, 0) is 25.5 Å². The fourth-order valence-corrected chi connectivity index (χ4v) is 1.85. The van der Waals surface area contributed by atoms with Crippen LogP contribution < -0.4 is 10.1 Å². The molecule has 1 atom stereocenters. The van der Waals surface area contributed by atoms with E-state index in [2.05, 4.69) is 33.9 Å². The van der Waals surface area contributed by atoms with Gasteiger partial charge < -0.3 is 15.0 Å². The van der Waals surface area contributed by atoms with Crippen LogP contribution in [0.1, 0.15) is 26.1 Å². The minimum atomic E-state index is -2.82. The fraction of sp³-hybridized carbons (Fsp3) is 0.400. The minimum Gasteiger partial charge on any atom is -0.435 e. The van der Waals surface area contributed by atoms with E-state index in [9.17, 15) is 8.78 Å². The van der Waals surface area contributed by atoms with E-state index in [4.69, 9.17) is 0 Å². The highest BCUT2D eigenvalue weighted by molar-refractivity contribution is 5.60. The van der Waals surface area contributed by atoms with Crippen LogP contribution >= 0.6 is 0 Å². The van der Waals surface area contributed by atoms with E-state index in [1.807, 2.05) is 6.07 Å². The number of benzene rings is 1. The maximum Gasteiger partial charge on any atom is 0.387 e. The summed E-state index contributed by atoms with van der Waals surface area (Å²) in [6, 6.07) is 6.97. The van der Waals surface area contributed by atoms with Gasteiger partial charge in [0.1, 0.15) is 11.6 Å². The number of aromatic nitrogens is 2. The molecule has 2 N–H and O–H groups in total. The predicted octanol–water partition coefficient (Wildman–Crippen LogP) is 3.57. The van der Waals surface area contributed by atoms with Gasteiger partial charge in [-0.1, -0.05) is 19.1 Å². The van der Waals surface area contributed by atoms with Gasteiger partial charge in [0.15, 0.2) is 0 Å². The zero-order valence-corrected chi connectivity index (χ0v) is 12.1. The summed E-state index contributed by atoms with van der Waals surface area (Å²) in [4.78, 5) is 7.46. The van der Waals surface area contributed by atoms with Crippen molar-refractivity contribution in [3.05, 3.63) is 36.3 Å². The molecule has 114 valence electrons. The molecule has 1 aromatic carbocycles. The Kier molecular flexibility index (Phi) is 5.27. The Balaban J connectivity index is 2.06. The summed E-state index contributed by atoms with van der Waals surface area (Å²) in [6.07, 6.45) is 2.73. The number of ether oxygens (including phenoxy) is 1. The standard InChI is InChI=1S/C15H19F2N3O/c1-3-10(2)18-9-14-19-8-13(20-14)11-5-4-6-12(7-11)21-15(16)17/h4-8,10,15,18H,3,9H2,1-2H3,(H,19,20). The molecule has 0 spiro atoms. The Labute approximate surface area is 122 Å². The molecule has 1 aromatic heterocycles. The van der Waals surface area contributed by atoms with E-state index < -0.39 is 6.61 Å². The van der Waals surface area contributed by atoms with Crippen molar-refractivity contribution in [2.75, 3.05) is 0 Å². The summed E-state index contributed by atoms with van der Waals surface area (Å²) in [5.41, 5.74) is 1.53. The molecule has 0 saturated carbocycles. The van der Waals surface area contributed by atoms with Gasteiger partial charge in [-0.3, -0.25) is 0 Å². The summed E-state index contributed by atoms with van der Waals surface area (Å²) in [7, 11) is 0. The molecule has 21 heavy (non-hydrogen) atoms. The molecular weight excluding hydrogens is 276 g/mol. The molecule has 0 aliphatic heterocycles. The molecule has 0 amide bonds. The molecule has 4 nitrogen and oxygen atoms in total. The Bertz CT molecular complexity index is 572. The smallest absolute Gasteiger partial charge is 0.387 e. The lowest BCUT2D eigenvalue weighted by atomic mass is 10.1. The quantitative estimate of drug-likeness (QED) is 0.821. The SMILES string of the molecule is CCC(C)NCc1ncc(-c2cccc(OC(F)F)c2)[nH]1. The lowest BCUT2D eigenvalue weighted by molar-refractivity contribution is -0.0498. The molecule has 1 unspecified atom stereocenters. The number of nitrogens with zero attached hydrogens (tertiary/aromatic N) is 1. The maximum atomic E-state index is 12.2. The first-order valence-electron chi connectivity index (χ1n) is 6.91. The normalized spacial score (nSPS) is 12.6. The second-order valence-corrected chi connectivity index (χ2v) is 4.84.